The number of benzene rings is 1. The lowest BCUT2D eigenvalue weighted by atomic mass is 9.84. The lowest BCUT2D eigenvalue weighted by Gasteiger charge is -2.37. The molecule has 2 saturated heterocycles. The van der Waals surface area contributed by atoms with Crippen molar-refractivity contribution in [3.8, 4) is 0 Å². The summed E-state index contributed by atoms with van der Waals surface area (Å²) >= 11 is 0. The standard InChI is InChI=1S/C23H30N2O4/c26-21(27)14-16-10-12-24(13-11-16)23(29)20-15-18-8-4-5-9-19(18)25(20)22(28)17-6-2-1-3-7-17/h1-3,6-7,16,18-20H,4-5,8-15H2,(H,26,27). The highest BCUT2D eigenvalue weighted by Gasteiger charge is 2.48. The summed E-state index contributed by atoms with van der Waals surface area (Å²) in [5, 5.41) is 9.01. The van der Waals surface area contributed by atoms with Gasteiger partial charge in [-0.1, -0.05) is 31.0 Å². The Balaban J connectivity index is 1.50. The maximum Gasteiger partial charge on any atom is 0.303 e. The Hall–Kier alpha value is -2.37. The summed E-state index contributed by atoms with van der Waals surface area (Å²) in [4.78, 5) is 41.5. The first-order valence-corrected chi connectivity index (χ1v) is 10.9. The number of amides is 2. The van der Waals surface area contributed by atoms with Crippen LogP contribution in [0.3, 0.4) is 0 Å². The summed E-state index contributed by atoms with van der Waals surface area (Å²) in [5.41, 5.74) is 0.650. The van der Waals surface area contributed by atoms with Crippen LogP contribution in [0.1, 0.15) is 61.7 Å². The Morgan fingerprint density at radius 1 is 0.966 bits per heavy atom. The summed E-state index contributed by atoms with van der Waals surface area (Å²) in [6.07, 6.45) is 6.75. The van der Waals surface area contributed by atoms with Crippen LogP contribution in [0.4, 0.5) is 0 Å². The predicted octanol–water partition coefficient (Wildman–Crippen LogP) is 3.17. The minimum absolute atomic E-state index is 0.0286. The minimum atomic E-state index is -0.769. The molecular formula is C23H30N2O4. The Kier molecular flexibility index (Phi) is 5.88. The molecule has 29 heavy (non-hydrogen) atoms. The van der Waals surface area contributed by atoms with Crippen LogP contribution < -0.4 is 0 Å². The zero-order valence-electron chi connectivity index (χ0n) is 16.8. The zero-order valence-corrected chi connectivity index (χ0v) is 16.8. The van der Waals surface area contributed by atoms with E-state index in [-0.39, 0.29) is 36.2 Å². The molecule has 0 bridgehead atoms. The molecule has 2 aliphatic heterocycles. The van der Waals surface area contributed by atoms with Gasteiger partial charge in [0.1, 0.15) is 6.04 Å². The number of carboxylic acid groups (broad SMARTS) is 1. The maximum atomic E-state index is 13.4. The van der Waals surface area contributed by atoms with E-state index in [1.165, 1.54) is 6.42 Å². The van der Waals surface area contributed by atoms with Crippen LogP contribution >= 0.6 is 0 Å². The van der Waals surface area contributed by atoms with Gasteiger partial charge >= 0.3 is 5.97 Å². The molecule has 0 aromatic heterocycles. The van der Waals surface area contributed by atoms with Crippen LogP contribution in [-0.4, -0.2) is 57.9 Å². The second-order valence-corrected chi connectivity index (χ2v) is 8.81. The van der Waals surface area contributed by atoms with Crippen molar-refractivity contribution in [2.45, 2.75) is 63.5 Å². The molecule has 0 radical (unpaired) electrons. The van der Waals surface area contributed by atoms with Gasteiger partial charge in [-0.2, -0.15) is 0 Å². The van der Waals surface area contributed by atoms with Gasteiger partial charge in [-0.15, -0.1) is 0 Å². The van der Waals surface area contributed by atoms with E-state index >= 15 is 0 Å². The second kappa shape index (κ2) is 8.56. The molecule has 1 aromatic carbocycles. The van der Waals surface area contributed by atoms with Crippen molar-refractivity contribution in [2.75, 3.05) is 13.1 Å². The summed E-state index contributed by atoms with van der Waals surface area (Å²) in [6.45, 7) is 1.19. The van der Waals surface area contributed by atoms with Crippen molar-refractivity contribution in [1.82, 2.24) is 9.80 Å². The summed E-state index contributed by atoms with van der Waals surface area (Å²) in [7, 11) is 0. The maximum absolute atomic E-state index is 13.4. The SMILES string of the molecule is O=C(O)CC1CCN(C(=O)C2CC3CCCCC3N2C(=O)c2ccccc2)CC1. The molecule has 1 saturated carbocycles. The van der Waals surface area contributed by atoms with Crippen LogP contribution in [0.25, 0.3) is 0 Å². The van der Waals surface area contributed by atoms with Gasteiger partial charge in [0.05, 0.1) is 0 Å². The van der Waals surface area contributed by atoms with Crippen LogP contribution in [-0.2, 0) is 9.59 Å². The van der Waals surface area contributed by atoms with Gasteiger partial charge in [-0.25, -0.2) is 0 Å². The number of hydrogen-bond donors (Lipinski definition) is 1. The largest absolute Gasteiger partial charge is 0.481 e. The molecule has 6 nitrogen and oxygen atoms in total. The molecule has 1 aromatic rings. The molecule has 0 spiro atoms. The fourth-order valence-electron chi connectivity index (χ4n) is 5.52. The molecule has 4 rings (SSSR count). The van der Waals surface area contributed by atoms with Crippen LogP contribution in [0.2, 0.25) is 0 Å². The topological polar surface area (TPSA) is 77.9 Å². The van der Waals surface area contributed by atoms with Crippen molar-refractivity contribution in [1.29, 1.82) is 0 Å². The van der Waals surface area contributed by atoms with E-state index in [0.717, 1.165) is 38.5 Å². The number of nitrogens with zero attached hydrogens (tertiary/aromatic N) is 2. The van der Waals surface area contributed by atoms with Crippen molar-refractivity contribution in [3.05, 3.63) is 35.9 Å². The number of hydrogen-bond acceptors (Lipinski definition) is 3. The normalized spacial score (nSPS) is 27.5. The Labute approximate surface area is 171 Å². The van der Waals surface area contributed by atoms with Gasteiger partial charge in [-0.3, -0.25) is 14.4 Å². The molecule has 3 aliphatic rings. The molecular weight excluding hydrogens is 368 g/mol. The molecule has 3 unspecified atom stereocenters. The smallest absolute Gasteiger partial charge is 0.303 e. The molecule has 1 aliphatic carbocycles. The van der Waals surface area contributed by atoms with E-state index in [9.17, 15) is 14.4 Å². The molecule has 3 fully saturated rings. The molecule has 2 heterocycles. The first-order chi connectivity index (χ1) is 14.0. The third kappa shape index (κ3) is 4.16. The zero-order chi connectivity index (χ0) is 20.4. The van der Waals surface area contributed by atoms with Crippen LogP contribution in [0, 0.1) is 11.8 Å². The third-order valence-electron chi connectivity index (χ3n) is 7.02. The van der Waals surface area contributed by atoms with E-state index in [0.29, 0.717) is 24.6 Å². The van der Waals surface area contributed by atoms with Crippen LogP contribution in [0.5, 0.6) is 0 Å². The average molecular weight is 399 g/mol. The van der Waals surface area contributed by atoms with Gasteiger partial charge in [0, 0.05) is 31.1 Å². The van der Waals surface area contributed by atoms with E-state index in [1.54, 1.807) is 0 Å². The van der Waals surface area contributed by atoms with Crippen molar-refractivity contribution in [2.24, 2.45) is 11.8 Å². The number of likely N-dealkylation sites (tertiary alicyclic amines) is 2. The average Bonchev–Trinajstić information content (AvgIpc) is 3.13. The lowest BCUT2D eigenvalue weighted by Crippen LogP contribution is -2.52. The third-order valence-corrected chi connectivity index (χ3v) is 7.02. The first kappa shape index (κ1) is 19.9. The highest BCUT2D eigenvalue weighted by molar-refractivity contribution is 5.98. The van der Waals surface area contributed by atoms with Gasteiger partial charge in [-0.05, 0) is 56.1 Å². The van der Waals surface area contributed by atoms with Gasteiger partial charge < -0.3 is 14.9 Å². The summed E-state index contributed by atoms with van der Waals surface area (Å²) in [6, 6.07) is 9.07. The second-order valence-electron chi connectivity index (χ2n) is 8.81. The Bertz CT molecular complexity index is 757. The van der Waals surface area contributed by atoms with Gasteiger partial charge in [0.2, 0.25) is 5.91 Å². The molecule has 2 amide bonds. The predicted molar refractivity (Wildman–Crippen MR) is 108 cm³/mol. The summed E-state index contributed by atoms with van der Waals surface area (Å²) in [5.74, 6) is -0.189. The monoisotopic (exact) mass is 398 g/mol. The number of piperidine rings is 1. The van der Waals surface area contributed by atoms with E-state index in [2.05, 4.69) is 0 Å². The Morgan fingerprint density at radius 3 is 2.34 bits per heavy atom. The van der Waals surface area contributed by atoms with Crippen LogP contribution in [0.15, 0.2) is 30.3 Å². The number of carbonyl (C=O) groups excluding carboxylic acids is 2. The highest BCUT2D eigenvalue weighted by atomic mass is 16.4. The van der Waals surface area contributed by atoms with Gasteiger partial charge in [0.15, 0.2) is 0 Å². The molecule has 1 N–H and O–H groups in total. The number of aliphatic carboxylic acids is 1. The van der Waals surface area contributed by atoms with Crippen molar-refractivity contribution in [3.63, 3.8) is 0 Å². The number of carbonyl (C=O) groups is 3. The van der Waals surface area contributed by atoms with E-state index < -0.39 is 5.97 Å². The number of rotatable bonds is 4. The Morgan fingerprint density at radius 2 is 1.66 bits per heavy atom. The fourth-order valence-corrected chi connectivity index (χ4v) is 5.52. The fraction of sp³-hybridized carbons (Fsp3) is 0.609. The summed E-state index contributed by atoms with van der Waals surface area (Å²) < 4.78 is 0. The van der Waals surface area contributed by atoms with E-state index in [4.69, 9.17) is 5.11 Å². The lowest BCUT2D eigenvalue weighted by molar-refractivity contribution is -0.139. The first-order valence-electron chi connectivity index (χ1n) is 10.9. The number of carboxylic acids is 1. The van der Waals surface area contributed by atoms with Crippen molar-refractivity contribution < 1.29 is 19.5 Å². The minimum Gasteiger partial charge on any atom is -0.481 e. The van der Waals surface area contributed by atoms with Crippen molar-refractivity contribution >= 4 is 17.8 Å². The van der Waals surface area contributed by atoms with Gasteiger partial charge in [0.25, 0.3) is 5.91 Å². The quantitative estimate of drug-likeness (QED) is 0.845. The number of fused-ring (bicyclic) bond motifs is 1. The van der Waals surface area contributed by atoms with E-state index in [1.807, 2.05) is 40.1 Å². The molecule has 6 heteroatoms. The molecule has 3 atom stereocenters. The highest BCUT2D eigenvalue weighted by Crippen LogP contribution is 2.41. The molecule has 156 valence electrons.